The van der Waals surface area contributed by atoms with Gasteiger partial charge in [0.15, 0.2) is 9.84 Å². The first-order chi connectivity index (χ1) is 8.53. The number of aromatic nitrogens is 2. The van der Waals surface area contributed by atoms with E-state index >= 15 is 0 Å². The van der Waals surface area contributed by atoms with E-state index in [4.69, 9.17) is 5.73 Å². The van der Waals surface area contributed by atoms with Gasteiger partial charge in [0.25, 0.3) is 0 Å². The van der Waals surface area contributed by atoms with Crippen molar-refractivity contribution in [3.8, 4) is 5.69 Å². The number of nitrogens with zero attached hydrogens (tertiary/aromatic N) is 2. The minimum absolute atomic E-state index is 0.168. The third kappa shape index (κ3) is 2.53. The zero-order valence-electron chi connectivity index (χ0n) is 10.1. The Morgan fingerprint density at radius 3 is 2.39 bits per heavy atom. The highest BCUT2D eigenvalue weighted by Gasteiger charge is 2.12. The third-order valence-corrected chi connectivity index (χ3v) is 4.48. The van der Waals surface area contributed by atoms with Gasteiger partial charge in [0.2, 0.25) is 0 Å². The zero-order chi connectivity index (χ0) is 13.2. The van der Waals surface area contributed by atoms with Gasteiger partial charge >= 0.3 is 0 Å². The van der Waals surface area contributed by atoms with Crippen LogP contribution >= 0.6 is 0 Å². The minimum Gasteiger partial charge on any atom is -0.382 e. The fourth-order valence-electron chi connectivity index (χ4n) is 1.67. The fourth-order valence-corrected chi connectivity index (χ4v) is 3.00. The van der Waals surface area contributed by atoms with Crippen molar-refractivity contribution in [3.63, 3.8) is 0 Å². The predicted molar refractivity (Wildman–Crippen MR) is 70.3 cm³/mol. The van der Waals surface area contributed by atoms with Crippen LogP contribution in [-0.4, -0.2) is 24.0 Å². The molecule has 0 aliphatic heterocycles. The topological polar surface area (TPSA) is 78.0 Å². The Balaban J connectivity index is 2.31. The summed E-state index contributed by atoms with van der Waals surface area (Å²) >= 11 is 0. The van der Waals surface area contributed by atoms with Crippen LogP contribution in [0.4, 0.5) is 5.82 Å². The minimum atomic E-state index is -3.16. The maximum absolute atomic E-state index is 11.8. The molecule has 5 nitrogen and oxygen atoms in total. The first kappa shape index (κ1) is 12.6. The molecule has 0 amide bonds. The highest BCUT2D eigenvalue weighted by molar-refractivity contribution is 7.91. The van der Waals surface area contributed by atoms with Crippen LogP contribution in [0, 0.1) is 0 Å². The predicted octanol–water partition coefficient (Wildman–Crippen LogP) is 1.64. The van der Waals surface area contributed by atoms with Crippen LogP contribution in [0.25, 0.3) is 5.69 Å². The maximum Gasteiger partial charge on any atom is 0.178 e. The first-order valence-corrected chi connectivity index (χ1v) is 7.32. The number of anilines is 1. The molecule has 2 N–H and O–H groups in total. The van der Waals surface area contributed by atoms with E-state index in [2.05, 4.69) is 5.10 Å². The van der Waals surface area contributed by atoms with Gasteiger partial charge < -0.3 is 5.73 Å². The summed E-state index contributed by atoms with van der Waals surface area (Å²) in [7, 11) is -3.16. The molecular formula is C12H15N3O2S. The molecule has 2 rings (SSSR count). The zero-order valence-corrected chi connectivity index (χ0v) is 10.9. The number of sulfone groups is 1. The van der Waals surface area contributed by atoms with Gasteiger partial charge in [0, 0.05) is 12.3 Å². The van der Waals surface area contributed by atoms with Gasteiger partial charge in [-0.15, -0.1) is 0 Å². The van der Waals surface area contributed by atoms with Crippen molar-refractivity contribution in [2.45, 2.75) is 18.2 Å². The molecule has 0 saturated carbocycles. The Morgan fingerprint density at radius 1 is 1.22 bits per heavy atom. The van der Waals surface area contributed by atoms with Crippen LogP contribution in [0.3, 0.4) is 0 Å². The number of rotatable bonds is 4. The summed E-state index contributed by atoms with van der Waals surface area (Å²) < 4.78 is 25.3. The molecule has 0 spiro atoms. The molecule has 1 aromatic heterocycles. The Morgan fingerprint density at radius 2 is 1.89 bits per heavy atom. The number of nitrogens with two attached hydrogens (primary N) is 1. The van der Waals surface area contributed by atoms with Crippen molar-refractivity contribution in [3.05, 3.63) is 36.5 Å². The highest BCUT2D eigenvalue weighted by atomic mass is 32.2. The lowest BCUT2D eigenvalue weighted by Gasteiger charge is -2.05. The lowest BCUT2D eigenvalue weighted by molar-refractivity contribution is 0.594. The van der Waals surface area contributed by atoms with Crippen LogP contribution in [0.2, 0.25) is 0 Å². The Bertz CT molecular complexity index is 630. The second-order valence-electron chi connectivity index (χ2n) is 4.00. The average Bonchev–Trinajstić information content (AvgIpc) is 2.76. The second-order valence-corrected chi connectivity index (χ2v) is 6.11. The Kier molecular flexibility index (Phi) is 3.38. The molecule has 96 valence electrons. The van der Waals surface area contributed by atoms with Crippen LogP contribution in [0.1, 0.15) is 13.3 Å². The smallest absolute Gasteiger partial charge is 0.178 e. The fraction of sp³-hybridized carbons (Fsp3) is 0.250. The molecule has 0 radical (unpaired) electrons. The van der Waals surface area contributed by atoms with Gasteiger partial charge in [0.1, 0.15) is 5.82 Å². The summed E-state index contributed by atoms with van der Waals surface area (Å²) in [5.74, 6) is 0.596. The summed E-state index contributed by atoms with van der Waals surface area (Å²) in [4.78, 5) is 0.341. The van der Waals surface area contributed by atoms with Gasteiger partial charge in [-0.1, -0.05) is 6.92 Å². The van der Waals surface area contributed by atoms with Crippen LogP contribution < -0.4 is 5.73 Å². The lowest BCUT2D eigenvalue weighted by atomic mass is 10.3. The average molecular weight is 265 g/mol. The molecule has 1 heterocycles. The molecule has 0 atom stereocenters. The second kappa shape index (κ2) is 4.81. The van der Waals surface area contributed by atoms with E-state index in [1.165, 1.54) is 0 Å². The van der Waals surface area contributed by atoms with E-state index in [9.17, 15) is 8.42 Å². The standard InChI is InChI=1S/C12H15N3O2S/c1-2-9-18(16,17)11-5-3-10(4-6-11)15-8-7-12(13)14-15/h3-8H,2,9H2,1H3,(H2,13,14). The first-order valence-electron chi connectivity index (χ1n) is 5.67. The van der Waals surface area contributed by atoms with Gasteiger partial charge in [-0.3, -0.25) is 0 Å². The Hall–Kier alpha value is -1.82. The summed E-state index contributed by atoms with van der Waals surface area (Å²) in [6.07, 6.45) is 2.34. The van der Waals surface area contributed by atoms with Crippen molar-refractivity contribution in [1.82, 2.24) is 9.78 Å². The van der Waals surface area contributed by atoms with Crippen molar-refractivity contribution < 1.29 is 8.42 Å². The van der Waals surface area contributed by atoms with Crippen LogP contribution in [-0.2, 0) is 9.84 Å². The van der Waals surface area contributed by atoms with E-state index in [1.807, 2.05) is 6.92 Å². The number of nitrogen functional groups attached to an aromatic ring is 1. The molecule has 0 fully saturated rings. The van der Waals surface area contributed by atoms with E-state index in [0.29, 0.717) is 17.1 Å². The Labute approximate surface area is 106 Å². The monoisotopic (exact) mass is 265 g/mol. The molecule has 1 aromatic carbocycles. The largest absolute Gasteiger partial charge is 0.382 e. The summed E-state index contributed by atoms with van der Waals surface area (Å²) in [5, 5.41) is 4.05. The summed E-state index contributed by atoms with van der Waals surface area (Å²) in [5.41, 5.74) is 6.31. The molecule has 0 unspecified atom stereocenters. The van der Waals surface area contributed by atoms with E-state index in [-0.39, 0.29) is 5.75 Å². The van der Waals surface area contributed by atoms with Crippen molar-refractivity contribution in [2.75, 3.05) is 11.5 Å². The normalized spacial score (nSPS) is 11.6. The molecule has 0 bridgehead atoms. The van der Waals surface area contributed by atoms with Gasteiger partial charge in [-0.05, 0) is 30.7 Å². The molecular weight excluding hydrogens is 250 g/mol. The van der Waals surface area contributed by atoms with Gasteiger partial charge in [0.05, 0.1) is 16.3 Å². The highest BCUT2D eigenvalue weighted by Crippen LogP contribution is 2.15. The van der Waals surface area contributed by atoms with E-state index in [0.717, 1.165) is 5.69 Å². The maximum atomic E-state index is 11.8. The number of benzene rings is 1. The van der Waals surface area contributed by atoms with E-state index < -0.39 is 9.84 Å². The molecule has 6 heteroatoms. The summed E-state index contributed by atoms with van der Waals surface area (Å²) in [6, 6.07) is 8.31. The third-order valence-electron chi connectivity index (χ3n) is 2.54. The van der Waals surface area contributed by atoms with Crippen LogP contribution in [0.15, 0.2) is 41.4 Å². The van der Waals surface area contributed by atoms with Crippen LogP contribution in [0.5, 0.6) is 0 Å². The molecule has 0 aliphatic carbocycles. The molecule has 2 aromatic rings. The van der Waals surface area contributed by atoms with Crippen molar-refractivity contribution in [1.29, 1.82) is 0 Å². The molecule has 0 saturated heterocycles. The molecule has 18 heavy (non-hydrogen) atoms. The quantitative estimate of drug-likeness (QED) is 0.911. The lowest BCUT2D eigenvalue weighted by Crippen LogP contribution is -2.06. The van der Waals surface area contributed by atoms with Crippen molar-refractivity contribution >= 4 is 15.7 Å². The van der Waals surface area contributed by atoms with Crippen molar-refractivity contribution in [2.24, 2.45) is 0 Å². The van der Waals surface area contributed by atoms with E-state index in [1.54, 1.807) is 41.2 Å². The van der Waals surface area contributed by atoms with Gasteiger partial charge in [-0.2, -0.15) is 5.10 Å². The number of hydrogen-bond donors (Lipinski definition) is 1. The van der Waals surface area contributed by atoms with Gasteiger partial charge in [-0.25, -0.2) is 13.1 Å². The molecule has 0 aliphatic rings. The summed E-state index contributed by atoms with van der Waals surface area (Å²) in [6.45, 7) is 1.85. The number of hydrogen-bond acceptors (Lipinski definition) is 4. The SMILES string of the molecule is CCCS(=O)(=O)c1ccc(-n2ccc(N)n2)cc1.